The summed E-state index contributed by atoms with van der Waals surface area (Å²) in [6.07, 6.45) is -5.13. The van der Waals surface area contributed by atoms with Gasteiger partial charge in [0.25, 0.3) is 0 Å². The lowest BCUT2D eigenvalue weighted by atomic mass is 9.96. The number of hydrogen-bond acceptors (Lipinski definition) is 6. The Balaban J connectivity index is 1.56. The molecular formula is C30H30O6. The highest BCUT2D eigenvalue weighted by atomic mass is 16.4. The van der Waals surface area contributed by atoms with Gasteiger partial charge in [-0.2, -0.15) is 0 Å². The Labute approximate surface area is 209 Å². The summed E-state index contributed by atoms with van der Waals surface area (Å²) in [5, 5.41) is 66.6. The van der Waals surface area contributed by atoms with E-state index in [0.29, 0.717) is 11.1 Å². The van der Waals surface area contributed by atoms with E-state index >= 15 is 0 Å². The van der Waals surface area contributed by atoms with Crippen molar-refractivity contribution in [1.82, 2.24) is 0 Å². The highest BCUT2D eigenvalue weighted by molar-refractivity contribution is 5.93. The largest absolute Gasteiger partial charge is 0.509 e. The van der Waals surface area contributed by atoms with Crippen molar-refractivity contribution in [3.8, 4) is 0 Å². The highest BCUT2D eigenvalue weighted by Crippen LogP contribution is 2.26. The van der Waals surface area contributed by atoms with E-state index in [1.54, 1.807) is 12.1 Å². The molecule has 0 aliphatic carbocycles. The molecule has 36 heavy (non-hydrogen) atoms. The Morgan fingerprint density at radius 3 is 1.25 bits per heavy atom. The number of hydrogen-bond donors (Lipinski definition) is 6. The van der Waals surface area contributed by atoms with Gasteiger partial charge in [-0.25, -0.2) is 0 Å². The standard InChI is InChI=1S/C30H30O6/c1-17-7-3-13-23-19(9-5-11-21(17)23)15-25(31)27(33)29(35)30(36)28(34)26(32)16-20-10-6-12-22-18(2)8-4-14-24(20)22/h3-16,27-36H,1-2H3/t27-,28-,29-,30-/m1/s1. The molecule has 0 amide bonds. The van der Waals surface area contributed by atoms with E-state index in [2.05, 4.69) is 0 Å². The minimum absolute atomic E-state index is 0.587. The van der Waals surface area contributed by atoms with Gasteiger partial charge >= 0.3 is 0 Å². The van der Waals surface area contributed by atoms with Crippen molar-refractivity contribution in [3.63, 3.8) is 0 Å². The van der Waals surface area contributed by atoms with E-state index in [1.165, 1.54) is 12.2 Å². The molecule has 6 N–H and O–H groups in total. The van der Waals surface area contributed by atoms with Crippen LogP contribution in [0.2, 0.25) is 0 Å². The number of fused-ring (bicyclic) bond motifs is 2. The van der Waals surface area contributed by atoms with E-state index in [4.69, 9.17) is 0 Å². The summed E-state index contributed by atoms with van der Waals surface area (Å²) < 4.78 is 0. The summed E-state index contributed by atoms with van der Waals surface area (Å²) >= 11 is 0. The van der Waals surface area contributed by atoms with Crippen LogP contribution in [0.5, 0.6) is 0 Å². The molecule has 0 fully saturated rings. The van der Waals surface area contributed by atoms with E-state index in [1.807, 2.05) is 74.5 Å². The Bertz CT molecular complexity index is 1340. The molecule has 0 heterocycles. The smallest absolute Gasteiger partial charge is 0.139 e. The molecule has 0 saturated heterocycles. The predicted octanol–water partition coefficient (Wildman–Crippen LogP) is 4.55. The van der Waals surface area contributed by atoms with E-state index in [-0.39, 0.29) is 0 Å². The van der Waals surface area contributed by atoms with Gasteiger partial charge in [0.05, 0.1) is 0 Å². The number of aliphatic hydroxyl groups excluding tert-OH is 6. The summed E-state index contributed by atoms with van der Waals surface area (Å²) in [6, 6.07) is 22.5. The third-order valence-electron chi connectivity index (χ3n) is 6.56. The van der Waals surface area contributed by atoms with Crippen LogP contribution in [0.3, 0.4) is 0 Å². The van der Waals surface area contributed by atoms with E-state index < -0.39 is 35.9 Å². The summed E-state index contributed by atoms with van der Waals surface area (Å²) in [5.74, 6) is -1.17. The van der Waals surface area contributed by atoms with Crippen LogP contribution >= 0.6 is 0 Å². The van der Waals surface area contributed by atoms with Crippen molar-refractivity contribution >= 4 is 33.7 Å². The lowest BCUT2D eigenvalue weighted by Gasteiger charge is -2.26. The van der Waals surface area contributed by atoms with Crippen LogP contribution in [0.1, 0.15) is 22.3 Å². The SMILES string of the molecule is Cc1cccc2c(C=C(O)[C@@H](O)[C@@H](O)[C@H](O)[C@H](O)C(O)=Cc3cccc4c(C)cccc34)cccc12. The minimum atomic E-state index is -1.97. The number of aliphatic hydroxyl groups is 6. The Hall–Kier alpha value is -3.68. The van der Waals surface area contributed by atoms with Crippen molar-refractivity contribution < 1.29 is 30.6 Å². The maximum absolute atomic E-state index is 10.5. The monoisotopic (exact) mass is 486 g/mol. The van der Waals surface area contributed by atoms with Crippen molar-refractivity contribution in [2.45, 2.75) is 38.3 Å². The zero-order chi connectivity index (χ0) is 26.0. The van der Waals surface area contributed by atoms with Gasteiger partial charge in [-0.3, -0.25) is 0 Å². The number of aryl methyl sites for hydroxylation is 2. The van der Waals surface area contributed by atoms with Crippen LogP contribution in [-0.2, 0) is 0 Å². The molecule has 4 aromatic carbocycles. The molecule has 6 heteroatoms. The molecule has 0 saturated carbocycles. The zero-order valence-corrected chi connectivity index (χ0v) is 20.1. The predicted molar refractivity (Wildman–Crippen MR) is 143 cm³/mol. The van der Waals surface area contributed by atoms with Gasteiger partial charge in [-0.05, 0) is 69.8 Å². The van der Waals surface area contributed by atoms with Crippen molar-refractivity contribution in [1.29, 1.82) is 0 Å². The molecule has 0 radical (unpaired) electrons. The molecule has 0 unspecified atom stereocenters. The van der Waals surface area contributed by atoms with Crippen LogP contribution < -0.4 is 0 Å². The van der Waals surface area contributed by atoms with Crippen LogP contribution in [0.25, 0.3) is 33.7 Å². The maximum Gasteiger partial charge on any atom is 0.139 e. The topological polar surface area (TPSA) is 121 Å². The first-order valence-corrected chi connectivity index (χ1v) is 11.7. The second-order valence-corrected chi connectivity index (χ2v) is 9.04. The van der Waals surface area contributed by atoms with Gasteiger partial charge in [0.1, 0.15) is 35.9 Å². The van der Waals surface area contributed by atoms with Crippen molar-refractivity contribution in [2.24, 2.45) is 0 Å². The molecule has 0 spiro atoms. The van der Waals surface area contributed by atoms with Gasteiger partial charge < -0.3 is 30.6 Å². The van der Waals surface area contributed by atoms with Crippen molar-refractivity contribution in [3.05, 3.63) is 107 Å². The summed E-state index contributed by atoms with van der Waals surface area (Å²) in [4.78, 5) is 0. The van der Waals surface area contributed by atoms with Gasteiger partial charge in [0.15, 0.2) is 0 Å². The molecular weight excluding hydrogens is 456 g/mol. The molecule has 0 aliphatic rings. The van der Waals surface area contributed by atoms with Crippen LogP contribution in [0, 0.1) is 13.8 Å². The molecule has 4 rings (SSSR count). The van der Waals surface area contributed by atoms with E-state index in [9.17, 15) is 30.6 Å². The fraction of sp³-hybridized carbons (Fsp3) is 0.200. The van der Waals surface area contributed by atoms with Crippen LogP contribution in [-0.4, -0.2) is 55.1 Å². The first-order valence-electron chi connectivity index (χ1n) is 11.7. The molecule has 0 aromatic heterocycles. The third-order valence-corrected chi connectivity index (χ3v) is 6.56. The summed E-state index contributed by atoms with van der Waals surface area (Å²) in [5.41, 5.74) is 3.32. The first kappa shape index (κ1) is 25.4. The van der Waals surface area contributed by atoms with Gasteiger partial charge in [0.2, 0.25) is 0 Å². The van der Waals surface area contributed by atoms with Gasteiger partial charge in [-0.15, -0.1) is 0 Å². The lowest BCUT2D eigenvalue weighted by molar-refractivity contribution is -0.0996. The highest BCUT2D eigenvalue weighted by Gasteiger charge is 2.34. The van der Waals surface area contributed by atoms with Gasteiger partial charge in [0, 0.05) is 0 Å². The Kier molecular flexibility index (Phi) is 7.43. The zero-order valence-electron chi connectivity index (χ0n) is 20.1. The molecule has 6 nitrogen and oxygen atoms in total. The fourth-order valence-corrected chi connectivity index (χ4v) is 4.45. The van der Waals surface area contributed by atoms with Crippen LogP contribution in [0.4, 0.5) is 0 Å². The Morgan fingerprint density at radius 1 is 0.528 bits per heavy atom. The molecule has 0 bridgehead atoms. The molecule has 0 aliphatic heterocycles. The fourth-order valence-electron chi connectivity index (χ4n) is 4.45. The minimum Gasteiger partial charge on any atom is -0.509 e. The average molecular weight is 487 g/mol. The first-order chi connectivity index (χ1) is 17.2. The summed E-state index contributed by atoms with van der Waals surface area (Å²) in [7, 11) is 0. The molecule has 186 valence electrons. The second kappa shape index (κ2) is 10.5. The average Bonchev–Trinajstić information content (AvgIpc) is 2.88. The normalized spacial score (nSPS) is 16.2. The van der Waals surface area contributed by atoms with Gasteiger partial charge in [-0.1, -0.05) is 72.8 Å². The van der Waals surface area contributed by atoms with E-state index in [0.717, 1.165) is 32.7 Å². The lowest BCUT2D eigenvalue weighted by Crippen LogP contribution is -2.45. The number of benzene rings is 4. The summed E-state index contributed by atoms with van der Waals surface area (Å²) in [6.45, 7) is 3.93. The van der Waals surface area contributed by atoms with Crippen LogP contribution in [0.15, 0.2) is 84.3 Å². The quantitative estimate of drug-likeness (QED) is 0.213. The molecule has 4 atom stereocenters. The third kappa shape index (κ3) is 4.98. The molecule has 4 aromatic rings. The maximum atomic E-state index is 10.5. The Morgan fingerprint density at radius 2 is 0.861 bits per heavy atom. The second-order valence-electron chi connectivity index (χ2n) is 9.04. The van der Waals surface area contributed by atoms with Crippen molar-refractivity contribution in [2.75, 3.05) is 0 Å². The number of rotatable bonds is 7.